The molecule has 1 N–H and O–H groups in total. The Labute approximate surface area is 104 Å². The van der Waals surface area contributed by atoms with Gasteiger partial charge in [0.15, 0.2) is 0 Å². The Balaban J connectivity index is 2.55. The molecule has 0 radical (unpaired) electrons. The van der Waals surface area contributed by atoms with Crippen LogP contribution in [0.2, 0.25) is 0 Å². The fraction of sp³-hybridized carbons (Fsp3) is 0.462. The lowest BCUT2D eigenvalue weighted by atomic mass is 9.93. The number of rotatable bonds is 5. The lowest BCUT2D eigenvalue weighted by molar-refractivity contribution is -0.140. The van der Waals surface area contributed by atoms with Crippen LogP contribution in [0, 0.1) is 5.82 Å². The van der Waals surface area contributed by atoms with Crippen LogP contribution in [0.3, 0.4) is 0 Å². The number of ether oxygens (including phenoxy) is 2. The van der Waals surface area contributed by atoms with Gasteiger partial charge in [-0.25, -0.2) is 4.39 Å². The quantitative estimate of drug-likeness (QED) is 0.874. The summed E-state index contributed by atoms with van der Waals surface area (Å²) in [6.07, 6.45) is 1.10. The van der Waals surface area contributed by atoms with E-state index in [1.807, 2.05) is 0 Å². The predicted molar refractivity (Wildman–Crippen MR) is 62.2 cm³/mol. The molecule has 0 heterocycles. The molecular weight excluding hydrogens is 239 g/mol. The fourth-order valence-corrected chi connectivity index (χ4v) is 2.22. The van der Waals surface area contributed by atoms with Crippen LogP contribution < -0.4 is 4.74 Å². The van der Waals surface area contributed by atoms with Crippen LogP contribution in [0.15, 0.2) is 12.1 Å². The van der Waals surface area contributed by atoms with Gasteiger partial charge >= 0.3 is 5.97 Å². The highest BCUT2D eigenvalue weighted by Crippen LogP contribution is 2.52. The summed E-state index contributed by atoms with van der Waals surface area (Å²) in [6, 6.07) is 2.77. The van der Waals surface area contributed by atoms with Crippen LogP contribution >= 0.6 is 0 Å². The third-order valence-electron chi connectivity index (χ3n) is 3.37. The monoisotopic (exact) mass is 254 g/mol. The second-order valence-corrected chi connectivity index (χ2v) is 4.43. The van der Waals surface area contributed by atoms with E-state index in [4.69, 9.17) is 9.47 Å². The zero-order valence-electron chi connectivity index (χ0n) is 10.3. The highest BCUT2D eigenvalue weighted by Gasteiger charge is 2.53. The molecule has 0 unspecified atom stereocenters. The van der Waals surface area contributed by atoms with Crippen LogP contribution in [0.25, 0.3) is 0 Å². The van der Waals surface area contributed by atoms with Gasteiger partial charge in [0.2, 0.25) is 0 Å². The first-order chi connectivity index (χ1) is 8.56. The Morgan fingerprint density at radius 3 is 2.56 bits per heavy atom. The van der Waals surface area contributed by atoms with Crippen LogP contribution in [0.5, 0.6) is 5.75 Å². The minimum absolute atomic E-state index is 0.0541. The highest BCUT2D eigenvalue weighted by molar-refractivity contribution is 5.86. The van der Waals surface area contributed by atoms with Crippen molar-refractivity contribution in [3.05, 3.63) is 29.1 Å². The van der Waals surface area contributed by atoms with Crippen molar-refractivity contribution in [3.8, 4) is 5.75 Å². The minimum atomic E-state index is -0.915. The van der Waals surface area contributed by atoms with Gasteiger partial charge in [0.05, 0.1) is 24.7 Å². The Morgan fingerprint density at radius 2 is 2.11 bits per heavy atom. The van der Waals surface area contributed by atoms with E-state index in [9.17, 15) is 14.3 Å². The van der Waals surface area contributed by atoms with Crippen molar-refractivity contribution in [2.75, 3.05) is 14.2 Å². The van der Waals surface area contributed by atoms with E-state index in [-0.39, 0.29) is 17.9 Å². The molecule has 1 aromatic carbocycles. The van der Waals surface area contributed by atoms with Crippen molar-refractivity contribution in [3.63, 3.8) is 0 Å². The zero-order chi connectivity index (χ0) is 13.3. The summed E-state index contributed by atoms with van der Waals surface area (Å²) in [6.45, 7) is 0.0541. The van der Waals surface area contributed by atoms with Gasteiger partial charge in [0.1, 0.15) is 11.6 Å². The number of hydrogen-bond acceptors (Lipinski definition) is 3. The molecule has 0 aliphatic heterocycles. The molecule has 0 amide bonds. The number of carboxylic acids is 1. The zero-order valence-corrected chi connectivity index (χ0v) is 10.3. The molecule has 5 heteroatoms. The first-order valence-electron chi connectivity index (χ1n) is 5.65. The van der Waals surface area contributed by atoms with Crippen molar-refractivity contribution < 1.29 is 23.8 Å². The lowest BCUT2D eigenvalue weighted by Crippen LogP contribution is -2.21. The average Bonchev–Trinajstić information content (AvgIpc) is 3.13. The fourth-order valence-electron chi connectivity index (χ4n) is 2.22. The molecule has 0 aromatic heterocycles. The van der Waals surface area contributed by atoms with Crippen LogP contribution in [0.1, 0.15) is 24.0 Å². The van der Waals surface area contributed by atoms with E-state index in [1.54, 1.807) is 0 Å². The predicted octanol–water partition coefficient (Wildman–Crippen LogP) is 2.10. The van der Waals surface area contributed by atoms with Crippen molar-refractivity contribution in [1.82, 2.24) is 0 Å². The first kappa shape index (κ1) is 12.8. The average molecular weight is 254 g/mol. The number of halogens is 1. The van der Waals surface area contributed by atoms with Gasteiger partial charge in [-0.05, 0) is 18.9 Å². The third-order valence-corrected chi connectivity index (χ3v) is 3.37. The normalized spacial score (nSPS) is 16.4. The maximum absolute atomic E-state index is 13.7. The molecule has 98 valence electrons. The van der Waals surface area contributed by atoms with Gasteiger partial charge in [-0.15, -0.1) is 0 Å². The SMILES string of the molecule is COCc1c(F)ccc(C2(C(=O)O)CC2)c1OC. The Kier molecular flexibility index (Phi) is 3.26. The second-order valence-electron chi connectivity index (χ2n) is 4.43. The molecule has 0 atom stereocenters. The third kappa shape index (κ3) is 1.84. The lowest BCUT2D eigenvalue weighted by Gasteiger charge is -2.18. The molecule has 2 rings (SSSR count). The Morgan fingerprint density at radius 1 is 1.44 bits per heavy atom. The first-order valence-corrected chi connectivity index (χ1v) is 5.65. The summed E-state index contributed by atoms with van der Waals surface area (Å²) < 4.78 is 23.8. The van der Waals surface area contributed by atoms with E-state index >= 15 is 0 Å². The molecule has 1 saturated carbocycles. The molecule has 0 spiro atoms. The number of methoxy groups -OCH3 is 2. The Hall–Kier alpha value is -1.62. The van der Waals surface area contributed by atoms with Gasteiger partial charge in [-0.3, -0.25) is 4.79 Å². The molecule has 4 nitrogen and oxygen atoms in total. The highest BCUT2D eigenvalue weighted by atomic mass is 19.1. The number of aliphatic carboxylic acids is 1. The molecule has 1 aliphatic rings. The smallest absolute Gasteiger partial charge is 0.314 e. The van der Waals surface area contributed by atoms with E-state index in [0.29, 0.717) is 18.4 Å². The van der Waals surface area contributed by atoms with E-state index in [2.05, 4.69) is 0 Å². The molecule has 1 fully saturated rings. The van der Waals surface area contributed by atoms with Gasteiger partial charge in [0.25, 0.3) is 0 Å². The maximum atomic E-state index is 13.7. The molecular formula is C13H15FO4. The van der Waals surface area contributed by atoms with Crippen molar-refractivity contribution in [1.29, 1.82) is 0 Å². The molecule has 0 saturated heterocycles. The summed E-state index contributed by atoms with van der Waals surface area (Å²) in [5.74, 6) is -1.05. The largest absolute Gasteiger partial charge is 0.496 e. The van der Waals surface area contributed by atoms with Crippen molar-refractivity contribution in [2.45, 2.75) is 24.9 Å². The topological polar surface area (TPSA) is 55.8 Å². The van der Waals surface area contributed by atoms with Crippen molar-refractivity contribution in [2.24, 2.45) is 0 Å². The van der Waals surface area contributed by atoms with Crippen molar-refractivity contribution >= 4 is 5.97 Å². The van der Waals surface area contributed by atoms with E-state index < -0.39 is 17.2 Å². The van der Waals surface area contributed by atoms with Gasteiger partial charge in [-0.1, -0.05) is 6.07 Å². The molecule has 1 aromatic rings. The van der Waals surface area contributed by atoms with Gasteiger partial charge in [0, 0.05) is 12.7 Å². The summed E-state index contributed by atoms with van der Waals surface area (Å²) in [5.41, 5.74) is -0.113. The van der Waals surface area contributed by atoms with Crippen LogP contribution in [-0.2, 0) is 21.6 Å². The summed E-state index contributed by atoms with van der Waals surface area (Å²) in [4.78, 5) is 11.3. The number of benzene rings is 1. The Bertz CT molecular complexity index is 480. The summed E-state index contributed by atoms with van der Waals surface area (Å²) >= 11 is 0. The summed E-state index contributed by atoms with van der Waals surface area (Å²) in [7, 11) is 2.87. The number of hydrogen-bond donors (Lipinski definition) is 1. The van der Waals surface area contributed by atoms with E-state index in [1.165, 1.54) is 26.4 Å². The standard InChI is InChI=1S/C13H15FO4/c1-17-7-8-10(14)4-3-9(11(8)18-2)13(5-6-13)12(15)16/h3-4H,5-7H2,1-2H3,(H,15,16). The molecule has 18 heavy (non-hydrogen) atoms. The molecule has 1 aliphatic carbocycles. The molecule has 0 bridgehead atoms. The maximum Gasteiger partial charge on any atom is 0.314 e. The van der Waals surface area contributed by atoms with Gasteiger partial charge in [-0.2, -0.15) is 0 Å². The number of carbonyl (C=O) groups is 1. The van der Waals surface area contributed by atoms with Crippen LogP contribution in [-0.4, -0.2) is 25.3 Å². The summed E-state index contributed by atoms with van der Waals surface area (Å²) in [5, 5.41) is 9.29. The van der Waals surface area contributed by atoms with Gasteiger partial charge < -0.3 is 14.6 Å². The number of carboxylic acid groups (broad SMARTS) is 1. The van der Waals surface area contributed by atoms with Crippen LogP contribution in [0.4, 0.5) is 4.39 Å². The second kappa shape index (κ2) is 4.57. The minimum Gasteiger partial charge on any atom is -0.496 e. The van der Waals surface area contributed by atoms with E-state index in [0.717, 1.165) is 0 Å².